The van der Waals surface area contributed by atoms with Gasteiger partial charge in [-0.05, 0) is 50.4 Å². The van der Waals surface area contributed by atoms with E-state index in [1.165, 1.54) is 11.1 Å². The molecule has 19 heavy (non-hydrogen) atoms. The third-order valence-electron chi connectivity index (χ3n) is 4.08. The lowest BCUT2D eigenvalue weighted by atomic mass is 9.94. The van der Waals surface area contributed by atoms with Crippen molar-refractivity contribution in [2.45, 2.75) is 50.0 Å². The van der Waals surface area contributed by atoms with Gasteiger partial charge in [-0.25, -0.2) is 0 Å². The van der Waals surface area contributed by atoms with Gasteiger partial charge in [0.1, 0.15) is 0 Å². The average Bonchev–Trinajstić information content (AvgIpc) is 2.37. The van der Waals surface area contributed by atoms with Gasteiger partial charge in [-0.15, -0.1) is 0 Å². The maximum atomic E-state index is 2.35. The quantitative estimate of drug-likeness (QED) is 0.556. The molecule has 0 heterocycles. The van der Waals surface area contributed by atoms with Crippen LogP contribution in [-0.4, -0.2) is 9.49 Å². The Morgan fingerprint density at radius 1 is 0.842 bits per heavy atom. The zero-order valence-electron chi connectivity index (χ0n) is 12.1. The van der Waals surface area contributed by atoms with Gasteiger partial charge in [0.2, 0.25) is 0 Å². The van der Waals surface area contributed by atoms with Gasteiger partial charge in [0.25, 0.3) is 0 Å². The Labute approximate surface area is 129 Å². The first-order valence-corrected chi connectivity index (χ1v) is 10.2. The zero-order valence-corrected chi connectivity index (χ0v) is 14.6. The molecule has 0 aromatic rings. The number of allylic oxidation sites excluding steroid dienone is 6. The molecule has 0 saturated carbocycles. The van der Waals surface area contributed by atoms with Crippen LogP contribution >= 0.6 is 31.4 Å². The standard InChI is InChI=1S/C16H22S3/c1-13-9-5-7-11-15(13,3)17-19-18-16(4)12-8-6-10-14(16)2/h5-10H,11-12H2,1-4H3. The second-order valence-corrected chi connectivity index (χ2v) is 10.6. The summed E-state index contributed by atoms with van der Waals surface area (Å²) < 4.78 is 0.510. The van der Waals surface area contributed by atoms with Crippen LogP contribution in [0.5, 0.6) is 0 Å². The van der Waals surface area contributed by atoms with E-state index in [0.29, 0.717) is 0 Å². The van der Waals surface area contributed by atoms with Gasteiger partial charge in [-0.2, -0.15) is 0 Å². The van der Waals surface area contributed by atoms with Gasteiger partial charge in [-0.1, -0.05) is 69.2 Å². The van der Waals surface area contributed by atoms with Crippen LogP contribution < -0.4 is 0 Å². The molecular formula is C16H22S3. The molecule has 0 spiro atoms. The fourth-order valence-electron chi connectivity index (χ4n) is 2.05. The van der Waals surface area contributed by atoms with Crippen molar-refractivity contribution in [3.63, 3.8) is 0 Å². The molecule has 2 rings (SSSR count). The third-order valence-corrected chi connectivity index (χ3v) is 9.77. The first-order chi connectivity index (χ1) is 8.96. The molecule has 0 aromatic heterocycles. The molecule has 0 saturated heterocycles. The summed E-state index contributed by atoms with van der Waals surface area (Å²) in [6.07, 6.45) is 15.7. The lowest BCUT2D eigenvalue weighted by Gasteiger charge is -2.33. The fourth-order valence-corrected chi connectivity index (χ4v) is 8.32. The minimum absolute atomic E-state index is 0.255. The fraction of sp³-hybridized carbons (Fsp3) is 0.500. The Bertz CT molecular complexity index is 417. The average molecular weight is 311 g/mol. The van der Waals surface area contributed by atoms with Crippen LogP contribution in [0.1, 0.15) is 40.5 Å². The summed E-state index contributed by atoms with van der Waals surface area (Å²) in [5.41, 5.74) is 2.96. The molecule has 0 bridgehead atoms. The predicted octanol–water partition coefficient (Wildman–Crippen LogP) is 6.35. The molecule has 2 aliphatic rings. The molecule has 2 aliphatic carbocycles. The maximum absolute atomic E-state index is 2.35. The topological polar surface area (TPSA) is 0 Å². The molecule has 0 aliphatic heterocycles. The number of hydrogen-bond donors (Lipinski definition) is 0. The summed E-state index contributed by atoms with van der Waals surface area (Å²) in [4.78, 5) is 0. The van der Waals surface area contributed by atoms with Crippen LogP contribution in [0.3, 0.4) is 0 Å². The van der Waals surface area contributed by atoms with Crippen molar-refractivity contribution in [1.82, 2.24) is 0 Å². The predicted molar refractivity (Wildman–Crippen MR) is 94.6 cm³/mol. The largest absolute Gasteiger partial charge is 0.0828 e. The van der Waals surface area contributed by atoms with Crippen molar-refractivity contribution >= 4 is 31.4 Å². The summed E-state index contributed by atoms with van der Waals surface area (Å²) >= 11 is 0. The van der Waals surface area contributed by atoms with Crippen LogP contribution in [0.2, 0.25) is 0 Å². The lowest BCUT2D eigenvalue weighted by Crippen LogP contribution is -2.23. The van der Waals surface area contributed by atoms with E-state index in [0.717, 1.165) is 12.8 Å². The molecular weight excluding hydrogens is 288 g/mol. The Hall–Kier alpha value is 0.01000. The first-order valence-electron chi connectivity index (χ1n) is 6.68. The van der Waals surface area contributed by atoms with Crippen LogP contribution in [-0.2, 0) is 0 Å². The van der Waals surface area contributed by atoms with E-state index in [1.807, 2.05) is 31.4 Å². The molecule has 3 heteroatoms. The third kappa shape index (κ3) is 3.56. The minimum Gasteiger partial charge on any atom is -0.0828 e. The molecule has 104 valence electrons. The van der Waals surface area contributed by atoms with Crippen molar-refractivity contribution in [3.8, 4) is 0 Å². The highest BCUT2D eigenvalue weighted by atomic mass is 33.5. The van der Waals surface area contributed by atoms with Gasteiger partial charge in [0.15, 0.2) is 0 Å². The molecule has 0 radical (unpaired) electrons. The van der Waals surface area contributed by atoms with Crippen LogP contribution in [0.4, 0.5) is 0 Å². The maximum Gasteiger partial charge on any atom is 0.0486 e. The Morgan fingerprint density at radius 3 is 1.63 bits per heavy atom. The molecule has 0 fully saturated rings. The van der Waals surface area contributed by atoms with Gasteiger partial charge in [-0.3, -0.25) is 0 Å². The number of hydrogen-bond acceptors (Lipinski definition) is 3. The SMILES string of the molecule is CC1=CC=CCC1(C)SSSC1(C)CC=CC=C1C. The van der Waals surface area contributed by atoms with E-state index in [9.17, 15) is 0 Å². The van der Waals surface area contributed by atoms with Crippen LogP contribution in [0, 0.1) is 0 Å². The van der Waals surface area contributed by atoms with Gasteiger partial charge in [0.05, 0.1) is 0 Å². The highest BCUT2D eigenvalue weighted by Crippen LogP contribution is 2.55. The summed E-state index contributed by atoms with van der Waals surface area (Å²) in [7, 11) is 5.98. The van der Waals surface area contributed by atoms with E-state index in [4.69, 9.17) is 0 Å². The normalized spacial score (nSPS) is 34.1. The lowest BCUT2D eigenvalue weighted by molar-refractivity contribution is 0.750. The van der Waals surface area contributed by atoms with Gasteiger partial charge >= 0.3 is 0 Å². The van der Waals surface area contributed by atoms with E-state index >= 15 is 0 Å². The first kappa shape index (κ1) is 15.4. The van der Waals surface area contributed by atoms with Crippen molar-refractivity contribution in [2.75, 3.05) is 0 Å². The molecule has 2 unspecified atom stereocenters. The summed E-state index contributed by atoms with van der Waals surface area (Å²) in [6.45, 7) is 9.20. The van der Waals surface area contributed by atoms with Gasteiger partial charge < -0.3 is 0 Å². The van der Waals surface area contributed by atoms with Crippen LogP contribution in [0.15, 0.2) is 47.6 Å². The Morgan fingerprint density at radius 2 is 1.26 bits per heavy atom. The minimum atomic E-state index is 0.255. The van der Waals surface area contributed by atoms with Gasteiger partial charge in [0, 0.05) is 9.49 Å². The van der Waals surface area contributed by atoms with Crippen LogP contribution in [0.25, 0.3) is 0 Å². The smallest absolute Gasteiger partial charge is 0.0486 e. The second kappa shape index (κ2) is 6.19. The summed E-state index contributed by atoms with van der Waals surface area (Å²) in [5.74, 6) is 0. The molecule has 0 nitrogen and oxygen atoms in total. The summed E-state index contributed by atoms with van der Waals surface area (Å²) in [5, 5.41) is 0. The molecule has 0 N–H and O–H groups in total. The summed E-state index contributed by atoms with van der Waals surface area (Å²) in [6, 6.07) is 0. The van der Waals surface area contributed by atoms with E-state index in [1.54, 1.807) is 0 Å². The van der Waals surface area contributed by atoms with Crippen molar-refractivity contribution in [2.24, 2.45) is 0 Å². The molecule has 2 atom stereocenters. The highest BCUT2D eigenvalue weighted by Gasteiger charge is 2.32. The monoisotopic (exact) mass is 310 g/mol. The van der Waals surface area contributed by atoms with E-state index < -0.39 is 0 Å². The second-order valence-electron chi connectivity index (χ2n) is 5.66. The van der Waals surface area contributed by atoms with Crippen molar-refractivity contribution < 1.29 is 0 Å². The van der Waals surface area contributed by atoms with E-state index in [2.05, 4.69) is 64.2 Å². The van der Waals surface area contributed by atoms with Crippen molar-refractivity contribution in [3.05, 3.63) is 47.6 Å². The Kier molecular flexibility index (Phi) is 5.02. The zero-order chi connectivity index (χ0) is 13.9. The molecule has 0 amide bonds. The Balaban J connectivity index is 1.91. The van der Waals surface area contributed by atoms with E-state index in [-0.39, 0.29) is 9.49 Å². The van der Waals surface area contributed by atoms with Crippen molar-refractivity contribution in [1.29, 1.82) is 0 Å². The highest BCUT2D eigenvalue weighted by molar-refractivity contribution is 9.09. The molecule has 0 aromatic carbocycles. The number of rotatable bonds is 4.